The summed E-state index contributed by atoms with van der Waals surface area (Å²) in [5, 5.41) is 17.2. The maximum Gasteiger partial charge on any atom is 0.296 e. The number of halogens is 9. The zero-order chi connectivity index (χ0) is 42.0. The van der Waals surface area contributed by atoms with Crippen molar-refractivity contribution < 1.29 is 39.9 Å². The van der Waals surface area contributed by atoms with Crippen molar-refractivity contribution >= 4 is 52.3 Å². The van der Waals surface area contributed by atoms with Crippen molar-refractivity contribution in [2.75, 3.05) is 18.6 Å². The number of nitrogens with one attached hydrogen (secondary N) is 4. The first-order valence-electron chi connectivity index (χ1n) is 17.2. The summed E-state index contributed by atoms with van der Waals surface area (Å²) < 4.78 is 121. The van der Waals surface area contributed by atoms with E-state index in [1.165, 1.54) is 19.2 Å². The number of amidine groups is 1. The first kappa shape index (κ1) is 41.2. The van der Waals surface area contributed by atoms with Crippen LogP contribution in [0.25, 0.3) is 16.3 Å². The third kappa shape index (κ3) is 7.54. The standard InChI is InChI=1S/C36H30ClF8N9O2S2/c1-35(42,43)34-48-12-23(58-34)20-11-25(56)54(22-5-4-19(37)27(28(22)47-2)32(46)52-57-3)33(50-20)21(8-14-6-15(38)9-16(39)7-14)49-24(55)13-53-30-26(29(51-53)31(40)41)17-10-18(17)36(30,44)45/h4-7,9,11-12,17-18,21,31,47H,8,10,13H2,1-3H3,(H2,46,52)(H,49,55)/t17-,18+,21?/m0/s1. The van der Waals surface area contributed by atoms with Crippen LogP contribution in [0.3, 0.4) is 0 Å². The van der Waals surface area contributed by atoms with Crippen LogP contribution in [0.15, 0.2) is 47.4 Å². The summed E-state index contributed by atoms with van der Waals surface area (Å²) >= 11 is 8.11. The number of carbonyl (C=O) groups is 1. The van der Waals surface area contributed by atoms with Gasteiger partial charge in [0.1, 0.15) is 41.2 Å². The van der Waals surface area contributed by atoms with Crippen molar-refractivity contribution in [1.29, 1.82) is 5.41 Å². The number of fused-ring (bicyclic) bond motifs is 3. The fourth-order valence-electron chi connectivity index (χ4n) is 7.23. The Kier molecular flexibility index (Phi) is 10.9. The van der Waals surface area contributed by atoms with Crippen LogP contribution in [0.4, 0.5) is 40.8 Å². The first-order chi connectivity index (χ1) is 27.3. The number of rotatable bonds is 13. The van der Waals surface area contributed by atoms with Gasteiger partial charge in [0.15, 0.2) is 5.01 Å². The Hall–Kier alpha value is -5.02. The molecule has 0 aliphatic heterocycles. The molecule has 1 amide bonds. The highest BCUT2D eigenvalue weighted by molar-refractivity contribution is 7.97. The average molecular weight is 872 g/mol. The zero-order valence-corrected chi connectivity index (χ0v) is 32.6. The second-order valence-electron chi connectivity index (χ2n) is 13.6. The quantitative estimate of drug-likeness (QED) is 0.0403. The molecule has 0 radical (unpaired) electrons. The number of hydrogen-bond acceptors (Lipinski definition) is 9. The fraction of sp³-hybridized carbons (Fsp3) is 0.333. The lowest BCUT2D eigenvalue weighted by atomic mass is 10.0. The minimum absolute atomic E-state index is 0.00583. The van der Waals surface area contributed by atoms with Crippen LogP contribution in [-0.4, -0.2) is 49.4 Å². The Bertz CT molecular complexity index is 2500. The number of anilines is 1. The summed E-state index contributed by atoms with van der Waals surface area (Å²) in [5.41, 5.74) is -2.98. The third-order valence-electron chi connectivity index (χ3n) is 9.63. The van der Waals surface area contributed by atoms with Gasteiger partial charge in [-0.3, -0.25) is 24.2 Å². The molecule has 1 unspecified atom stereocenters. The highest BCUT2D eigenvalue weighted by Gasteiger charge is 2.67. The van der Waals surface area contributed by atoms with E-state index in [0.717, 1.165) is 40.9 Å². The molecule has 0 spiro atoms. The van der Waals surface area contributed by atoms with Crippen LogP contribution in [0.2, 0.25) is 5.02 Å². The molecule has 7 rings (SSSR count). The lowest BCUT2D eigenvalue weighted by Crippen LogP contribution is -2.38. The molecule has 5 aromatic rings. The Balaban J connectivity index is 1.42. The molecule has 3 heterocycles. The summed E-state index contributed by atoms with van der Waals surface area (Å²) in [4.78, 5) is 36.7. The van der Waals surface area contributed by atoms with E-state index in [9.17, 15) is 35.9 Å². The van der Waals surface area contributed by atoms with E-state index in [4.69, 9.17) is 17.0 Å². The van der Waals surface area contributed by atoms with Gasteiger partial charge in [0.05, 0.1) is 38.6 Å². The summed E-state index contributed by atoms with van der Waals surface area (Å²) in [7, 11) is 1.46. The lowest BCUT2D eigenvalue weighted by Gasteiger charge is -2.25. The Labute approximate surface area is 336 Å². The SMILES string of the molecule is CNc1c(-n2c(C(Cc3cc(F)cc(F)c3)NC(=O)Cn3nc(C(F)F)c4c3C(F)(F)[C@@H]3C[C@H]43)nc(-c3cnc(C(C)(F)F)s3)cc2=O)ccc(Cl)c1C(=N)NSC. The minimum Gasteiger partial charge on any atom is -0.386 e. The van der Waals surface area contributed by atoms with Gasteiger partial charge in [-0.15, -0.1) is 11.3 Å². The molecule has 22 heteroatoms. The molecule has 306 valence electrons. The molecule has 58 heavy (non-hydrogen) atoms. The van der Waals surface area contributed by atoms with Crippen molar-refractivity contribution in [3.63, 3.8) is 0 Å². The second kappa shape index (κ2) is 15.3. The molecular formula is C36H30ClF8N9O2S2. The number of alkyl halides is 6. The molecule has 1 saturated carbocycles. The van der Waals surface area contributed by atoms with Gasteiger partial charge in [0.2, 0.25) is 5.91 Å². The topological polar surface area (TPSA) is 143 Å². The summed E-state index contributed by atoms with van der Waals surface area (Å²) in [6, 6.07) is 4.63. The number of aromatic nitrogens is 5. The van der Waals surface area contributed by atoms with E-state index in [1.54, 1.807) is 6.26 Å². The van der Waals surface area contributed by atoms with E-state index in [0.29, 0.717) is 29.0 Å². The zero-order valence-electron chi connectivity index (χ0n) is 30.2. The number of nitrogens with zero attached hydrogens (tertiary/aromatic N) is 5. The molecule has 3 atom stereocenters. The number of thiazole rings is 1. The minimum atomic E-state index is -3.56. The molecule has 2 aliphatic carbocycles. The monoisotopic (exact) mass is 871 g/mol. The van der Waals surface area contributed by atoms with E-state index >= 15 is 8.78 Å². The van der Waals surface area contributed by atoms with Gasteiger partial charge in [-0.25, -0.2) is 27.5 Å². The molecule has 0 saturated heterocycles. The summed E-state index contributed by atoms with van der Waals surface area (Å²) in [5.74, 6) is -12.7. The molecule has 4 N–H and O–H groups in total. The summed E-state index contributed by atoms with van der Waals surface area (Å²) in [6.45, 7) is -0.397. The van der Waals surface area contributed by atoms with Gasteiger partial charge in [-0.2, -0.15) is 22.7 Å². The van der Waals surface area contributed by atoms with Crippen LogP contribution >= 0.6 is 34.9 Å². The second-order valence-corrected chi connectivity index (χ2v) is 15.7. The van der Waals surface area contributed by atoms with Crippen molar-refractivity contribution in [3.8, 4) is 16.3 Å². The molecule has 0 bridgehead atoms. The number of benzene rings is 2. The Morgan fingerprint density at radius 2 is 1.88 bits per heavy atom. The molecule has 2 aliphatic rings. The van der Waals surface area contributed by atoms with Crippen LogP contribution in [0, 0.1) is 23.0 Å². The fourth-order valence-corrected chi connectivity index (χ4v) is 8.59. The predicted molar refractivity (Wildman–Crippen MR) is 201 cm³/mol. The van der Waals surface area contributed by atoms with E-state index in [2.05, 4.69) is 30.4 Å². The number of amides is 1. The number of carbonyl (C=O) groups excluding carboxylic acids is 1. The van der Waals surface area contributed by atoms with Crippen molar-refractivity contribution in [2.45, 2.75) is 56.5 Å². The molecule has 1 fully saturated rings. The largest absolute Gasteiger partial charge is 0.386 e. The normalized spacial score (nSPS) is 17.2. The molecule has 11 nitrogen and oxygen atoms in total. The van der Waals surface area contributed by atoms with Gasteiger partial charge >= 0.3 is 0 Å². The maximum absolute atomic E-state index is 15.4. The smallest absolute Gasteiger partial charge is 0.296 e. The van der Waals surface area contributed by atoms with E-state index < -0.39 is 88.6 Å². The van der Waals surface area contributed by atoms with Crippen molar-refractivity contribution in [2.24, 2.45) is 5.92 Å². The van der Waals surface area contributed by atoms with Gasteiger partial charge in [0, 0.05) is 56.5 Å². The third-order valence-corrected chi connectivity index (χ3v) is 11.5. The van der Waals surface area contributed by atoms with Gasteiger partial charge in [-0.1, -0.05) is 23.5 Å². The lowest BCUT2D eigenvalue weighted by molar-refractivity contribution is -0.123. The van der Waals surface area contributed by atoms with Crippen molar-refractivity contribution in [1.82, 2.24) is 34.4 Å². The van der Waals surface area contributed by atoms with E-state index in [1.807, 2.05) is 0 Å². The van der Waals surface area contributed by atoms with Crippen LogP contribution < -0.4 is 20.9 Å². The molecular weight excluding hydrogens is 842 g/mol. The van der Waals surface area contributed by atoms with Gasteiger partial charge < -0.3 is 15.4 Å². The van der Waals surface area contributed by atoms with Crippen LogP contribution in [-0.2, 0) is 29.6 Å². The van der Waals surface area contributed by atoms with Crippen LogP contribution in [0.5, 0.6) is 0 Å². The van der Waals surface area contributed by atoms with Crippen LogP contribution in [0.1, 0.15) is 70.6 Å². The predicted octanol–water partition coefficient (Wildman–Crippen LogP) is 8.08. The van der Waals surface area contributed by atoms with E-state index in [-0.39, 0.29) is 61.7 Å². The van der Waals surface area contributed by atoms with Gasteiger partial charge in [0.25, 0.3) is 23.8 Å². The highest BCUT2D eigenvalue weighted by atomic mass is 35.5. The Morgan fingerprint density at radius 1 is 1.17 bits per heavy atom. The average Bonchev–Trinajstić information content (AvgIpc) is 3.49. The Morgan fingerprint density at radius 3 is 2.50 bits per heavy atom. The first-order valence-corrected chi connectivity index (χ1v) is 19.6. The van der Waals surface area contributed by atoms with Gasteiger partial charge in [-0.05, 0) is 42.2 Å². The molecule has 3 aromatic heterocycles. The molecule has 2 aromatic carbocycles. The maximum atomic E-state index is 15.4. The van der Waals surface area contributed by atoms with Crippen molar-refractivity contribution in [3.05, 3.63) is 109 Å². The summed E-state index contributed by atoms with van der Waals surface area (Å²) in [6.07, 6.45) is -1.05. The highest BCUT2D eigenvalue weighted by Crippen LogP contribution is 2.68. The number of hydrogen-bond donors (Lipinski definition) is 4.